The normalized spacial score (nSPS) is 11.8. The minimum Gasteiger partial charge on any atom is -0.457 e. The van der Waals surface area contributed by atoms with E-state index >= 15 is 0 Å². The monoisotopic (exact) mass is 337 g/mol. The Labute approximate surface area is 138 Å². The van der Waals surface area contributed by atoms with Gasteiger partial charge in [-0.15, -0.1) is 0 Å². The van der Waals surface area contributed by atoms with E-state index in [2.05, 4.69) is 11.6 Å². The summed E-state index contributed by atoms with van der Waals surface area (Å²) in [4.78, 5) is 15.8. The molecule has 114 valence electrons. The average Bonchev–Trinajstić information content (AvgIpc) is 2.53. The number of esters is 1. The zero-order valence-corrected chi connectivity index (χ0v) is 13.0. The highest BCUT2D eigenvalue weighted by Gasteiger charge is 2.20. The van der Waals surface area contributed by atoms with E-state index in [4.69, 9.17) is 27.9 Å². The molecule has 1 N–H and O–H groups in total. The van der Waals surface area contributed by atoms with Crippen molar-refractivity contribution in [3.05, 3.63) is 76.0 Å². The van der Waals surface area contributed by atoms with Crippen molar-refractivity contribution in [1.82, 2.24) is 4.98 Å². The minimum atomic E-state index is -1.18. The summed E-state index contributed by atoms with van der Waals surface area (Å²) < 4.78 is 5.11. The summed E-state index contributed by atoms with van der Waals surface area (Å²) in [6.45, 7) is 3.47. The number of ether oxygens (including phenoxy) is 1. The van der Waals surface area contributed by atoms with Crippen LogP contribution in [0.3, 0.4) is 0 Å². The summed E-state index contributed by atoms with van der Waals surface area (Å²) in [6.07, 6.45) is 1.84. The molecular formula is C16H13Cl2NO3. The molecule has 2 rings (SSSR count). The van der Waals surface area contributed by atoms with Gasteiger partial charge in [0.15, 0.2) is 0 Å². The predicted molar refractivity (Wildman–Crippen MR) is 84.6 cm³/mol. The zero-order valence-electron chi connectivity index (χ0n) is 11.5. The van der Waals surface area contributed by atoms with Crippen LogP contribution in [-0.2, 0) is 16.1 Å². The molecule has 4 nitrogen and oxygen atoms in total. The molecular weight excluding hydrogens is 325 g/mol. The van der Waals surface area contributed by atoms with Crippen molar-refractivity contribution >= 4 is 29.2 Å². The SMILES string of the molecule is C=C(C(=O)OCc1c(Cl)cccc1Cl)C(O)c1cccnc1. The summed E-state index contributed by atoms with van der Waals surface area (Å²) in [5.74, 6) is -0.729. The van der Waals surface area contributed by atoms with Gasteiger partial charge in [-0.3, -0.25) is 4.98 Å². The number of carbonyl (C=O) groups excluding carboxylic acids is 1. The Kier molecular flexibility index (Phi) is 5.55. The van der Waals surface area contributed by atoms with Gasteiger partial charge in [-0.25, -0.2) is 4.79 Å². The van der Waals surface area contributed by atoms with Gasteiger partial charge in [-0.05, 0) is 18.2 Å². The number of pyridine rings is 1. The molecule has 1 aromatic heterocycles. The number of aromatic nitrogens is 1. The second kappa shape index (κ2) is 7.40. The van der Waals surface area contributed by atoms with E-state index in [1.807, 2.05) is 0 Å². The Morgan fingerprint density at radius 1 is 1.27 bits per heavy atom. The summed E-state index contributed by atoms with van der Waals surface area (Å²) in [5, 5.41) is 10.9. The number of benzene rings is 1. The zero-order chi connectivity index (χ0) is 16.1. The van der Waals surface area contributed by atoms with Gasteiger partial charge >= 0.3 is 5.97 Å². The smallest absolute Gasteiger partial charge is 0.336 e. The Bertz CT molecular complexity index is 669. The largest absolute Gasteiger partial charge is 0.457 e. The van der Waals surface area contributed by atoms with Gasteiger partial charge in [0.25, 0.3) is 0 Å². The van der Waals surface area contributed by atoms with Gasteiger partial charge in [0.1, 0.15) is 12.7 Å². The first-order valence-corrected chi connectivity index (χ1v) is 7.13. The van der Waals surface area contributed by atoms with Crippen LogP contribution in [0.25, 0.3) is 0 Å². The second-order valence-electron chi connectivity index (χ2n) is 4.49. The summed E-state index contributed by atoms with van der Waals surface area (Å²) in [6, 6.07) is 8.29. The fourth-order valence-corrected chi connectivity index (χ4v) is 2.26. The summed E-state index contributed by atoms with van der Waals surface area (Å²) >= 11 is 12.0. The molecule has 2 aromatic rings. The van der Waals surface area contributed by atoms with E-state index < -0.39 is 12.1 Å². The highest BCUT2D eigenvalue weighted by atomic mass is 35.5. The number of aliphatic hydroxyl groups is 1. The maximum absolute atomic E-state index is 12.0. The lowest BCUT2D eigenvalue weighted by Crippen LogP contribution is -2.14. The Hall–Kier alpha value is -1.88. The predicted octanol–water partition coefficient (Wildman–Crippen LogP) is 3.72. The number of hydrogen-bond donors (Lipinski definition) is 1. The van der Waals surface area contributed by atoms with Crippen LogP contribution in [0.1, 0.15) is 17.2 Å². The van der Waals surface area contributed by atoms with Crippen LogP contribution in [0.15, 0.2) is 54.9 Å². The molecule has 1 unspecified atom stereocenters. The fraction of sp³-hybridized carbons (Fsp3) is 0.125. The van der Waals surface area contributed by atoms with Crippen molar-refractivity contribution in [2.24, 2.45) is 0 Å². The van der Waals surface area contributed by atoms with E-state index in [0.29, 0.717) is 21.2 Å². The Morgan fingerprint density at radius 3 is 2.55 bits per heavy atom. The Balaban J connectivity index is 2.02. The quantitative estimate of drug-likeness (QED) is 0.667. The van der Waals surface area contributed by atoms with Crippen molar-refractivity contribution < 1.29 is 14.6 Å². The third-order valence-electron chi connectivity index (χ3n) is 3.00. The van der Waals surface area contributed by atoms with Crippen LogP contribution in [-0.4, -0.2) is 16.1 Å². The first kappa shape index (κ1) is 16.5. The first-order chi connectivity index (χ1) is 10.5. The molecule has 22 heavy (non-hydrogen) atoms. The number of carbonyl (C=O) groups is 1. The van der Waals surface area contributed by atoms with E-state index in [1.54, 1.807) is 36.5 Å². The molecule has 1 aromatic carbocycles. The molecule has 0 aliphatic heterocycles. The van der Waals surface area contributed by atoms with Crippen molar-refractivity contribution in [1.29, 1.82) is 0 Å². The maximum atomic E-state index is 12.0. The lowest BCUT2D eigenvalue weighted by Gasteiger charge is -2.14. The van der Waals surface area contributed by atoms with Crippen LogP contribution in [0.2, 0.25) is 10.0 Å². The summed E-state index contributed by atoms with van der Waals surface area (Å²) in [7, 11) is 0. The molecule has 0 aliphatic rings. The molecule has 0 saturated heterocycles. The highest BCUT2D eigenvalue weighted by molar-refractivity contribution is 6.35. The van der Waals surface area contributed by atoms with Crippen LogP contribution in [0.5, 0.6) is 0 Å². The second-order valence-corrected chi connectivity index (χ2v) is 5.30. The lowest BCUT2D eigenvalue weighted by atomic mass is 10.1. The van der Waals surface area contributed by atoms with Crippen LogP contribution < -0.4 is 0 Å². The molecule has 0 aliphatic carbocycles. The molecule has 1 heterocycles. The van der Waals surface area contributed by atoms with E-state index in [1.165, 1.54) is 6.20 Å². The average molecular weight is 338 g/mol. The number of halogens is 2. The third kappa shape index (κ3) is 3.85. The van der Waals surface area contributed by atoms with Gasteiger partial charge in [0.05, 0.1) is 5.57 Å². The van der Waals surface area contributed by atoms with Gasteiger partial charge in [-0.1, -0.05) is 41.9 Å². The van der Waals surface area contributed by atoms with Gasteiger partial charge < -0.3 is 9.84 Å². The van der Waals surface area contributed by atoms with Gasteiger partial charge in [0, 0.05) is 33.6 Å². The number of aliphatic hydroxyl groups excluding tert-OH is 1. The topological polar surface area (TPSA) is 59.4 Å². The molecule has 6 heteroatoms. The van der Waals surface area contributed by atoms with E-state index in [9.17, 15) is 9.90 Å². The van der Waals surface area contributed by atoms with Gasteiger partial charge in [-0.2, -0.15) is 0 Å². The fourth-order valence-electron chi connectivity index (χ4n) is 1.75. The number of nitrogens with zero attached hydrogens (tertiary/aromatic N) is 1. The van der Waals surface area contributed by atoms with Crippen molar-refractivity contribution in [3.63, 3.8) is 0 Å². The molecule has 0 bridgehead atoms. The Morgan fingerprint density at radius 2 is 1.95 bits per heavy atom. The maximum Gasteiger partial charge on any atom is 0.336 e. The van der Waals surface area contributed by atoms with Crippen molar-refractivity contribution in [2.45, 2.75) is 12.7 Å². The molecule has 0 radical (unpaired) electrons. The molecule has 1 atom stereocenters. The van der Waals surface area contributed by atoms with Gasteiger partial charge in [0.2, 0.25) is 0 Å². The molecule has 0 amide bonds. The van der Waals surface area contributed by atoms with E-state index in [0.717, 1.165) is 0 Å². The standard InChI is InChI=1S/C16H13Cl2NO3/c1-10(15(20)11-4-3-7-19-8-11)16(21)22-9-12-13(17)5-2-6-14(12)18/h2-8,15,20H,1,9H2. The molecule has 0 saturated carbocycles. The number of hydrogen-bond acceptors (Lipinski definition) is 4. The van der Waals surface area contributed by atoms with Crippen LogP contribution >= 0.6 is 23.2 Å². The van der Waals surface area contributed by atoms with Crippen molar-refractivity contribution in [3.8, 4) is 0 Å². The minimum absolute atomic E-state index is 0.0869. The first-order valence-electron chi connectivity index (χ1n) is 6.37. The highest BCUT2D eigenvalue weighted by Crippen LogP contribution is 2.26. The van der Waals surface area contributed by atoms with Crippen LogP contribution in [0, 0.1) is 0 Å². The molecule has 0 spiro atoms. The number of rotatable bonds is 5. The van der Waals surface area contributed by atoms with Crippen LogP contribution in [0.4, 0.5) is 0 Å². The third-order valence-corrected chi connectivity index (χ3v) is 3.71. The molecule has 0 fully saturated rings. The van der Waals surface area contributed by atoms with E-state index in [-0.39, 0.29) is 12.2 Å². The van der Waals surface area contributed by atoms with Crippen molar-refractivity contribution in [2.75, 3.05) is 0 Å². The summed E-state index contributed by atoms with van der Waals surface area (Å²) in [5.41, 5.74) is 0.874. The lowest BCUT2D eigenvalue weighted by molar-refractivity contribution is -0.141.